The molecular formula is C32H54O3Si. The zero-order chi connectivity index (χ0) is 26.1. The molecule has 0 N–H and O–H groups in total. The van der Waals surface area contributed by atoms with E-state index in [-0.39, 0.29) is 17.6 Å². The predicted molar refractivity (Wildman–Crippen MR) is 149 cm³/mol. The van der Waals surface area contributed by atoms with Gasteiger partial charge in [-0.2, -0.15) is 0 Å². The average molecular weight is 515 g/mol. The Morgan fingerprint density at radius 2 is 1.47 bits per heavy atom. The van der Waals surface area contributed by atoms with E-state index in [2.05, 4.69) is 75.3 Å². The van der Waals surface area contributed by atoms with Gasteiger partial charge in [-0.3, -0.25) is 0 Å². The van der Waals surface area contributed by atoms with E-state index >= 15 is 0 Å². The topological polar surface area (TPSA) is 27.7 Å². The average Bonchev–Trinajstić information content (AvgIpc) is 3.30. The number of allylic oxidation sites excluding steroid dienone is 2. The first-order chi connectivity index (χ1) is 16.7. The maximum atomic E-state index is 7.54. The molecule has 5 fully saturated rings. The van der Waals surface area contributed by atoms with Gasteiger partial charge >= 0.3 is 0 Å². The van der Waals surface area contributed by atoms with Crippen LogP contribution in [0, 0.1) is 39.9 Å². The predicted octanol–water partition coefficient (Wildman–Crippen LogP) is 8.85. The van der Waals surface area contributed by atoms with Crippen LogP contribution in [0.5, 0.6) is 0 Å². The normalized spacial score (nSPS) is 48.8. The zero-order valence-corrected chi connectivity index (χ0v) is 25.9. The lowest BCUT2D eigenvalue weighted by Crippen LogP contribution is -2.63. The van der Waals surface area contributed by atoms with Crippen LogP contribution in [-0.4, -0.2) is 26.3 Å². The first kappa shape index (κ1) is 25.9. The molecule has 1 aliphatic heterocycles. The molecule has 6 aliphatic rings. The fourth-order valence-electron chi connectivity index (χ4n) is 11.6. The van der Waals surface area contributed by atoms with Crippen LogP contribution >= 0.6 is 0 Å². The summed E-state index contributed by atoms with van der Waals surface area (Å²) >= 11 is 0. The summed E-state index contributed by atoms with van der Waals surface area (Å²) < 4.78 is 21.3. The van der Waals surface area contributed by atoms with Crippen LogP contribution in [0.25, 0.3) is 0 Å². The highest BCUT2D eigenvalue weighted by molar-refractivity contribution is 6.77. The van der Waals surface area contributed by atoms with Crippen molar-refractivity contribution in [2.45, 2.75) is 149 Å². The highest BCUT2D eigenvalue weighted by Crippen LogP contribution is 2.83. The molecule has 0 aromatic heterocycles. The summed E-state index contributed by atoms with van der Waals surface area (Å²) in [7, 11) is -1.99. The summed E-state index contributed by atoms with van der Waals surface area (Å²) in [6, 6.07) is 0. The molecule has 0 aromatic rings. The lowest BCUT2D eigenvalue weighted by Gasteiger charge is -2.64. The van der Waals surface area contributed by atoms with Gasteiger partial charge in [-0.05, 0) is 103 Å². The summed E-state index contributed by atoms with van der Waals surface area (Å²) in [6.07, 6.45) is 12.6. The molecule has 1 saturated heterocycles. The summed E-state index contributed by atoms with van der Waals surface area (Å²) in [5.74, 6) is 3.61. The molecule has 6 rings (SSSR count). The third-order valence-corrected chi connectivity index (χ3v) is 19.0. The van der Waals surface area contributed by atoms with Crippen molar-refractivity contribution >= 4 is 8.32 Å². The molecular weight excluding hydrogens is 460 g/mol. The van der Waals surface area contributed by atoms with Crippen LogP contribution < -0.4 is 0 Å². The van der Waals surface area contributed by atoms with Crippen molar-refractivity contribution in [3.05, 3.63) is 11.8 Å². The maximum Gasteiger partial charge on any atom is 0.258 e. The minimum atomic E-state index is -1.99. The van der Waals surface area contributed by atoms with Crippen LogP contribution in [0.2, 0.25) is 16.6 Å². The van der Waals surface area contributed by atoms with Gasteiger partial charge in [0.2, 0.25) is 0 Å². The summed E-state index contributed by atoms with van der Waals surface area (Å²) in [6.45, 7) is 24.2. The van der Waals surface area contributed by atoms with Crippen molar-refractivity contribution in [2.24, 2.45) is 39.9 Å². The van der Waals surface area contributed by atoms with Gasteiger partial charge in [0.15, 0.2) is 5.79 Å². The second-order valence-electron chi connectivity index (χ2n) is 15.7. The van der Waals surface area contributed by atoms with Crippen LogP contribution in [0.15, 0.2) is 11.8 Å². The minimum absolute atomic E-state index is 0.147. The smallest absolute Gasteiger partial charge is 0.258 e. The van der Waals surface area contributed by atoms with Crippen molar-refractivity contribution in [3.63, 3.8) is 0 Å². The first-order valence-electron chi connectivity index (χ1n) is 15.5. The Kier molecular flexibility index (Phi) is 5.67. The molecule has 1 heterocycles. The summed E-state index contributed by atoms with van der Waals surface area (Å²) in [5, 5.41) is 0. The van der Waals surface area contributed by atoms with E-state index in [4.69, 9.17) is 13.9 Å². The summed E-state index contributed by atoms with van der Waals surface area (Å²) in [4.78, 5) is 0. The Hall–Kier alpha value is -0.323. The number of fused-ring (bicyclic) bond motifs is 6. The molecule has 4 saturated carbocycles. The molecule has 204 valence electrons. The van der Waals surface area contributed by atoms with Crippen LogP contribution in [-0.2, 0) is 13.9 Å². The quantitative estimate of drug-likeness (QED) is 0.343. The van der Waals surface area contributed by atoms with Crippen LogP contribution in [0.4, 0.5) is 0 Å². The molecule has 36 heavy (non-hydrogen) atoms. The third kappa shape index (κ3) is 3.04. The Balaban J connectivity index is 1.40. The van der Waals surface area contributed by atoms with Crippen molar-refractivity contribution in [1.29, 1.82) is 0 Å². The Morgan fingerprint density at radius 1 is 0.833 bits per heavy atom. The largest absolute Gasteiger partial charge is 0.545 e. The zero-order valence-electron chi connectivity index (χ0n) is 24.9. The number of hydrogen-bond acceptors (Lipinski definition) is 3. The molecule has 0 radical (unpaired) electrons. The van der Waals surface area contributed by atoms with Gasteiger partial charge in [-0.25, -0.2) is 0 Å². The van der Waals surface area contributed by atoms with Gasteiger partial charge in [0.25, 0.3) is 8.32 Å². The highest BCUT2D eigenvalue weighted by Gasteiger charge is 2.80. The van der Waals surface area contributed by atoms with Gasteiger partial charge in [0.05, 0.1) is 18.0 Å². The molecule has 0 bridgehead atoms. The Morgan fingerprint density at radius 3 is 2.11 bits per heavy atom. The van der Waals surface area contributed by atoms with Crippen molar-refractivity contribution in [2.75, 3.05) is 0 Å². The van der Waals surface area contributed by atoms with E-state index in [0.717, 1.165) is 5.92 Å². The molecule has 5 aliphatic carbocycles. The monoisotopic (exact) mass is 514 g/mol. The SMILES string of the molecule is CC(C)[Si](OC1=C[C@H]2C[C@]23C2C(CC[C@]13C)[C@@]1(C)CCCCC1[C@H]1OC(C)(C)O[C@H]21)(C(C)C)C(C)C. The highest BCUT2D eigenvalue weighted by atomic mass is 28.4. The van der Waals surface area contributed by atoms with Crippen LogP contribution in [0.3, 0.4) is 0 Å². The molecule has 1 spiro atoms. The fraction of sp³-hybridized carbons (Fsp3) is 0.938. The van der Waals surface area contributed by atoms with Gasteiger partial charge in [-0.15, -0.1) is 0 Å². The molecule has 3 unspecified atom stereocenters. The Bertz CT molecular complexity index is 916. The van der Waals surface area contributed by atoms with Gasteiger partial charge in [0, 0.05) is 5.41 Å². The van der Waals surface area contributed by atoms with Crippen molar-refractivity contribution in [3.8, 4) is 0 Å². The molecule has 4 heteroatoms. The second kappa shape index (κ2) is 7.87. The van der Waals surface area contributed by atoms with Gasteiger partial charge < -0.3 is 13.9 Å². The van der Waals surface area contributed by atoms with E-state index in [9.17, 15) is 0 Å². The number of ether oxygens (including phenoxy) is 2. The van der Waals surface area contributed by atoms with Gasteiger partial charge in [0.1, 0.15) is 0 Å². The van der Waals surface area contributed by atoms with E-state index in [1.54, 1.807) is 0 Å². The van der Waals surface area contributed by atoms with Crippen molar-refractivity contribution < 1.29 is 13.9 Å². The van der Waals surface area contributed by atoms with Gasteiger partial charge in [-0.1, -0.05) is 68.2 Å². The van der Waals surface area contributed by atoms with Crippen molar-refractivity contribution in [1.82, 2.24) is 0 Å². The number of hydrogen-bond donors (Lipinski definition) is 0. The maximum absolute atomic E-state index is 7.54. The van der Waals surface area contributed by atoms with E-state index in [1.165, 1.54) is 50.7 Å². The standard InChI is InChI=1S/C32H54O3Si/c1-19(2)36(20(3)4,21(5)6)35-25-17-22-18-32(22)26-23(14-16-31(25,32)10)30(9)15-12-11-13-24(30)27-28(26)34-29(7,8)33-27/h17,19-24,26-28H,11-16,18H2,1-10H3/t22-,23?,24?,26?,27+,28+,30+,31+,32+/m0/s1. The third-order valence-electron chi connectivity index (χ3n) is 13.0. The van der Waals surface area contributed by atoms with E-state index in [1.807, 2.05) is 0 Å². The molecule has 9 atom stereocenters. The van der Waals surface area contributed by atoms with E-state index < -0.39 is 14.1 Å². The first-order valence-corrected chi connectivity index (χ1v) is 17.7. The van der Waals surface area contributed by atoms with Crippen LogP contribution in [0.1, 0.15) is 114 Å². The minimum Gasteiger partial charge on any atom is -0.545 e. The fourth-order valence-corrected chi connectivity index (χ4v) is 17.0. The van der Waals surface area contributed by atoms with E-state index in [0.29, 0.717) is 45.2 Å². The lowest BCUT2D eigenvalue weighted by atomic mass is 9.42. The number of rotatable bonds is 5. The molecule has 0 aromatic carbocycles. The molecule has 0 amide bonds. The lowest BCUT2D eigenvalue weighted by molar-refractivity contribution is -0.187. The molecule has 3 nitrogen and oxygen atoms in total. The second-order valence-corrected chi connectivity index (χ2v) is 21.1. The summed E-state index contributed by atoms with van der Waals surface area (Å²) in [5.41, 5.74) is 2.69. The Labute approximate surface area is 222 Å².